The fraction of sp³-hybridized carbons (Fsp3) is 0.100. The number of carboxylic acid groups (broad SMARTS) is 2. The van der Waals surface area contributed by atoms with E-state index in [9.17, 15) is 9.59 Å². The number of nitrogens with two attached hydrogens (primary N) is 1. The molecule has 0 aliphatic rings. The smallest absolute Gasteiger partial charge is 0.448 e. The van der Waals surface area contributed by atoms with Crippen molar-refractivity contribution in [1.29, 1.82) is 5.26 Å². The normalized spacial score (nSPS) is 9.26. The molecule has 0 unspecified atom stereocenters. The molecule has 0 radical (unpaired) electrons. The number of nitrogen functional groups attached to an aromatic ring is 1. The lowest BCUT2D eigenvalue weighted by Crippen LogP contribution is -2.30. The summed E-state index contributed by atoms with van der Waals surface area (Å²) in [7, 11) is 0. The van der Waals surface area contributed by atoms with Crippen LogP contribution in [0.5, 0.6) is 0 Å². The third-order valence-corrected chi connectivity index (χ3v) is 1.96. The zero-order chi connectivity index (χ0) is 14.6. The molecule has 1 aromatic rings. The molecule has 1 aromatic carbocycles. The number of hydrogen-bond acceptors (Lipinski definition) is 7. The van der Waals surface area contributed by atoms with E-state index in [0.717, 1.165) is 0 Å². The fourth-order valence-electron chi connectivity index (χ4n) is 1.37. The molecule has 0 saturated carbocycles. The van der Waals surface area contributed by atoms with Crippen molar-refractivity contribution in [3.63, 3.8) is 0 Å². The lowest BCUT2D eigenvalue weighted by Gasteiger charge is -2.20. The molecule has 0 spiro atoms. The molecular formula is C10H9N3O6. The Morgan fingerprint density at radius 3 is 2.21 bits per heavy atom. The van der Waals surface area contributed by atoms with Crippen molar-refractivity contribution in [1.82, 2.24) is 0 Å². The first kappa shape index (κ1) is 13.9. The number of nitriles is 1. The van der Waals surface area contributed by atoms with Gasteiger partial charge in [0.1, 0.15) is 5.69 Å². The first-order valence-electron chi connectivity index (χ1n) is 4.77. The number of benzene rings is 1. The molecule has 9 heteroatoms. The van der Waals surface area contributed by atoms with Gasteiger partial charge in [0, 0.05) is 0 Å². The average Bonchev–Trinajstić information content (AvgIpc) is 2.25. The van der Waals surface area contributed by atoms with Crippen molar-refractivity contribution < 1.29 is 29.5 Å². The van der Waals surface area contributed by atoms with Gasteiger partial charge >= 0.3 is 12.3 Å². The van der Waals surface area contributed by atoms with Crippen LogP contribution in [0.3, 0.4) is 0 Å². The fourth-order valence-corrected chi connectivity index (χ4v) is 1.37. The van der Waals surface area contributed by atoms with Crippen LogP contribution in [0, 0.1) is 18.3 Å². The van der Waals surface area contributed by atoms with Gasteiger partial charge in [-0.3, -0.25) is 9.68 Å². The van der Waals surface area contributed by atoms with E-state index in [1.807, 2.05) is 6.07 Å². The summed E-state index contributed by atoms with van der Waals surface area (Å²) >= 11 is 0. The summed E-state index contributed by atoms with van der Waals surface area (Å²) < 4.78 is 0. The van der Waals surface area contributed by atoms with Crippen LogP contribution < -0.4 is 11.0 Å². The summed E-state index contributed by atoms with van der Waals surface area (Å²) in [6.45, 7) is 1.48. The molecule has 0 fully saturated rings. The van der Waals surface area contributed by atoms with Crippen molar-refractivity contribution >= 4 is 23.7 Å². The molecule has 0 saturated heterocycles. The van der Waals surface area contributed by atoms with Crippen LogP contribution in [0.1, 0.15) is 11.1 Å². The van der Waals surface area contributed by atoms with Gasteiger partial charge in [-0.05, 0) is 29.8 Å². The SMILES string of the molecule is Cc1cc(C#N)cc(N)c1N(OC(=O)O)OC(=O)O. The molecule has 19 heavy (non-hydrogen) atoms. The van der Waals surface area contributed by atoms with Gasteiger partial charge in [0.2, 0.25) is 0 Å². The van der Waals surface area contributed by atoms with E-state index >= 15 is 0 Å². The van der Waals surface area contributed by atoms with Crippen LogP contribution in [-0.2, 0) is 9.68 Å². The van der Waals surface area contributed by atoms with Gasteiger partial charge in [-0.15, -0.1) is 0 Å². The standard InChI is InChI=1S/C10H9N3O6/c1-5-2-6(4-11)3-7(12)8(5)13(18-9(14)15)19-10(16)17/h2-3H,12H2,1H3,(H,14,15)(H,16,17). The highest BCUT2D eigenvalue weighted by Crippen LogP contribution is 2.29. The van der Waals surface area contributed by atoms with Crippen LogP contribution in [0.4, 0.5) is 21.0 Å². The molecule has 9 nitrogen and oxygen atoms in total. The Hall–Kier alpha value is -3.15. The minimum absolute atomic E-state index is 0.0703. The van der Waals surface area contributed by atoms with E-state index in [1.54, 1.807) is 0 Å². The van der Waals surface area contributed by atoms with Crippen molar-refractivity contribution in [2.24, 2.45) is 0 Å². The number of hydrogen-bond donors (Lipinski definition) is 3. The number of aryl methyl sites for hydroxylation is 1. The average molecular weight is 267 g/mol. The van der Waals surface area contributed by atoms with E-state index in [2.05, 4.69) is 9.68 Å². The summed E-state index contributed by atoms with van der Waals surface area (Å²) in [5.74, 6) is 0. The lowest BCUT2D eigenvalue weighted by molar-refractivity contribution is -0.0451. The molecule has 0 aliphatic heterocycles. The van der Waals surface area contributed by atoms with Crippen LogP contribution in [-0.4, -0.2) is 22.5 Å². The van der Waals surface area contributed by atoms with Crippen LogP contribution in [0.25, 0.3) is 0 Å². The quantitative estimate of drug-likeness (QED) is 0.547. The second-order valence-corrected chi connectivity index (χ2v) is 3.31. The van der Waals surface area contributed by atoms with Crippen molar-refractivity contribution in [3.05, 3.63) is 23.3 Å². The number of rotatable bonds is 3. The predicted octanol–water partition coefficient (Wildman–Crippen LogP) is 1.47. The van der Waals surface area contributed by atoms with Crippen LogP contribution in [0.2, 0.25) is 0 Å². The molecule has 0 bridgehead atoms. The Labute approximate surface area is 106 Å². The second-order valence-electron chi connectivity index (χ2n) is 3.31. The summed E-state index contributed by atoms with van der Waals surface area (Å²) in [5.41, 5.74) is 5.95. The van der Waals surface area contributed by atoms with Gasteiger partial charge in [-0.1, -0.05) is 0 Å². The minimum Gasteiger partial charge on any atom is -0.448 e. The highest BCUT2D eigenvalue weighted by Gasteiger charge is 2.22. The molecule has 100 valence electrons. The van der Waals surface area contributed by atoms with E-state index in [-0.39, 0.29) is 22.2 Å². The number of nitrogens with zero attached hydrogens (tertiary/aromatic N) is 2. The van der Waals surface area contributed by atoms with E-state index in [4.69, 9.17) is 21.2 Å². The predicted molar refractivity (Wildman–Crippen MR) is 61.0 cm³/mol. The number of anilines is 2. The third-order valence-electron chi connectivity index (χ3n) is 1.96. The molecule has 4 N–H and O–H groups in total. The highest BCUT2D eigenvalue weighted by molar-refractivity contribution is 5.74. The highest BCUT2D eigenvalue weighted by atomic mass is 17.0. The van der Waals surface area contributed by atoms with Gasteiger partial charge in [-0.2, -0.15) is 5.26 Å². The van der Waals surface area contributed by atoms with Crippen LogP contribution >= 0.6 is 0 Å². The van der Waals surface area contributed by atoms with E-state index < -0.39 is 12.3 Å². The Balaban J connectivity index is 3.26. The van der Waals surface area contributed by atoms with Gasteiger partial charge in [-0.25, -0.2) is 9.59 Å². The molecule has 0 heterocycles. The van der Waals surface area contributed by atoms with Gasteiger partial charge in [0.05, 0.1) is 17.3 Å². The monoisotopic (exact) mass is 267 g/mol. The minimum atomic E-state index is -1.79. The summed E-state index contributed by atoms with van der Waals surface area (Å²) in [6, 6.07) is 4.44. The third kappa shape index (κ3) is 3.40. The first-order valence-corrected chi connectivity index (χ1v) is 4.77. The Morgan fingerprint density at radius 2 is 1.84 bits per heavy atom. The zero-order valence-corrected chi connectivity index (χ0v) is 9.65. The Morgan fingerprint density at radius 1 is 1.32 bits per heavy atom. The van der Waals surface area contributed by atoms with Crippen molar-refractivity contribution in [3.8, 4) is 6.07 Å². The number of carbonyl (C=O) groups is 2. The second kappa shape index (κ2) is 5.46. The summed E-state index contributed by atoms with van der Waals surface area (Å²) in [4.78, 5) is 29.3. The van der Waals surface area contributed by atoms with Crippen molar-refractivity contribution in [2.75, 3.05) is 11.0 Å². The maximum absolute atomic E-state index is 10.5. The molecule has 0 aromatic heterocycles. The van der Waals surface area contributed by atoms with Gasteiger partial charge in [0.25, 0.3) is 0 Å². The lowest BCUT2D eigenvalue weighted by atomic mass is 10.1. The maximum atomic E-state index is 10.5. The largest absolute Gasteiger partial charge is 0.533 e. The molecule has 1 rings (SSSR count). The summed E-state index contributed by atoms with van der Waals surface area (Å²) in [6.07, 6.45) is -3.58. The topological polar surface area (TPSA) is 146 Å². The zero-order valence-electron chi connectivity index (χ0n) is 9.65. The van der Waals surface area contributed by atoms with Gasteiger partial charge < -0.3 is 15.9 Å². The maximum Gasteiger partial charge on any atom is 0.533 e. The van der Waals surface area contributed by atoms with E-state index in [0.29, 0.717) is 5.56 Å². The molecule has 0 atom stereocenters. The van der Waals surface area contributed by atoms with Crippen molar-refractivity contribution in [2.45, 2.75) is 6.92 Å². The Kier molecular flexibility index (Phi) is 4.00. The summed E-state index contributed by atoms with van der Waals surface area (Å²) in [5, 5.41) is 25.9. The Bertz CT molecular complexity index is 526. The molecule has 0 amide bonds. The molecular weight excluding hydrogens is 258 g/mol. The van der Waals surface area contributed by atoms with Gasteiger partial charge in [0.15, 0.2) is 0 Å². The van der Waals surface area contributed by atoms with E-state index in [1.165, 1.54) is 19.1 Å². The first-order chi connectivity index (χ1) is 8.85. The molecule has 0 aliphatic carbocycles. The van der Waals surface area contributed by atoms with Crippen LogP contribution in [0.15, 0.2) is 12.1 Å².